The summed E-state index contributed by atoms with van der Waals surface area (Å²) in [4.78, 5) is 17.9. The van der Waals surface area contributed by atoms with Crippen LogP contribution in [0.4, 0.5) is 0 Å². The van der Waals surface area contributed by atoms with Crippen LogP contribution in [0.1, 0.15) is 44.9 Å². The number of aliphatic imine (C=N–C) groups is 1. The Morgan fingerprint density at radius 2 is 2.21 bits per heavy atom. The van der Waals surface area contributed by atoms with Gasteiger partial charge in [-0.05, 0) is 55.2 Å². The number of carbonyl (C=O) groups is 1. The molecule has 4 nitrogen and oxygen atoms in total. The van der Waals surface area contributed by atoms with Gasteiger partial charge in [0.1, 0.15) is 0 Å². The number of rotatable bonds is 5. The Morgan fingerprint density at radius 1 is 1.38 bits per heavy atom. The van der Waals surface area contributed by atoms with Crippen LogP contribution in [0.2, 0.25) is 0 Å². The number of carbonyl (C=O) groups excluding carboxylic acids is 1. The molecule has 2 fully saturated rings. The number of hydrogen-bond acceptors (Lipinski definition) is 3. The lowest BCUT2D eigenvalue weighted by molar-refractivity contribution is -0.125. The molecule has 0 bridgehead atoms. The Labute approximate surface area is 148 Å². The molecule has 0 aromatic heterocycles. The minimum absolute atomic E-state index is 0.00718. The smallest absolute Gasteiger partial charge is 0.224 e. The average molecular weight is 341 g/mol. The molecule has 2 saturated carbocycles. The summed E-state index contributed by atoms with van der Waals surface area (Å²) in [6.45, 7) is 0. The molecule has 1 amide bonds. The minimum Gasteiger partial charge on any atom is -0.392 e. The molecule has 4 rings (SSSR count). The number of allylic oxidation sites excluding steroid dienone is 5. The molecule has 1 aliphatic heterocycles. The van der Waals surface area contributed by atoms with E-state index in [1.54, 1.807) is 0 Å². The number of nitrogens with two attached hydrogens (primary N) is 1. The summed E-state index contributed by atoms with van der Waals surface area (Å²) in [5, 5.41) is 3.11. The van der Waals surface area contributed by atoms with Crippen molar-refractivity contribution >= 4 is 28.8 Å². The van der Waals surface area contributed by atoms with Gasteiger partial charge in [0, 0.05) is 11.6 Å². The van der Waals surface area contributed by atoms with Gasteiger partial charge < -0.3 is 11.1 Å². The van der Waals surface area contributed by atoms with Gasteiger partial charge in [-0.1, -0.05) is 37.2 Å². The van der Waals surface area contributed by atoms with Crippen LogP contribution in [-0.4, -0.2) is 22.6 Å². The first-order chi connectivity index (χ1) is 11.6. The first kappa shape index (κ1) is 15.8. The zero-order valence-electron chi connectivity index (χ0n) is 13.8. The molecular weight excluding hydrogens is 318 g/mol. The molecule has 0 spiro atoms. The van der Waals surface area contributed by atoms with Crippen LogP contribution in [0, 0.1) is 11.8 Å². The van der Waals surface area contributed by atoms with Crippen LogP contribution < -0.4 is 11.1 Å². The van der Waals surface area contributed by atoms with E-state index in [1.165, 1.54) is 29.7 Å². The summed E-state index contributed by atoms with van der Waals surface area (Å²) >= 11 is 5.15. The summed E-state index contributed by atoms with van der Waals surface area (Å²) in [5.41, 5.74) is 10.7. The lowest BCUT2D eigenvalue weighted by Crippen LogP contribution is -2.46. The second kappa shape index (κ2) is 6.28. The van der Waals surface area contributed by atoms with E-state index in [2.05, 4.69) is 23.5 Å². The van der Waals surface area contributed by atoms with E-state index in [0.29, 0.717) is 10.9 Å². The number of thiocarbonyl (C=S) groups is 1. The van der Waals surface area contributed by atoms with Crippen LogP contribution >= 0.6 is 12.2 Å². The van der Waals surface area contributed by atoms with E-state index in [9.17, 15) is 4.79 Å². The van der Waals surface area contributed by atoms with Gasteiger partial charge in [0.25, 0.3) is 0 Å². The van der Waals surface area contributed by atoms with Gasteiger partial charge in [-0.2, -0.15) is 0 Å². The molecule has 24 heavy (non-hydrogen) atoms. The molecular formula is C19H23N3OS. The highest BCUT2D eigenvalue weighted by Crippen LogP contribution is 2.40. The molecule has 1 heterocycles. The second-order valence-electron chi connectivity index (χ2n) is 7.28. The fourth-order valence-electron chi connectivity index (χ4n) is 3.87. The fraction of sp³-hybridized carbons (Fsp3) is 0.526. The lowest BCUT2D eigenvalue weighted by atomic mass is 9.81. The van der Waals surface area contributed by atoms with Gasteiger partial charge in [-0.25, -0.2) is 0 Å². The predicted molar refractivity (Wildman–Crippen MR) is 99.7 cm³/mol. The van der Waals surface area contributed by atoms with Crippen molar-refractivity contribution in [3.05, 3.63) is 35.1 Å². The Hall–Kier alpha value is -1.75. The molecule has 5 heteroatoms. The number of nitrogens with zero attached hydrogens (tertiary/aromatic N) is 1. The Morgan fingerprint density at radius 3 is 2.96 bits per heavy atom. The predicted octanol–water partition coefficient (Wildman–Crippen LogP) is 2.95. The first-order valence-corrected chi connectivity index (χ1v) is 9.29. The molecule has 4 aliphatic rings. The number of fused-ring (bicyclic) bond motifs is 2. The average Bonchev–Trinajstić information content (AvgIpc) is 3.32. The van der Waals surface area contributed by atoms with Gasteiger partial charge >= 0.3 is 0 Å². The molecule has 126 valence electrons. The summed E-state index contributed by atoms with van der Waals surface area (Å²) < 4.78 is 0. The van der Waals surface area contributed by atoms with Crippen LogP contribution in [0.25, 0.3) is 0 Å². The second-order valence-corrected chi connectivity index (χ2v) is 7.75. The minimum atomic E-state index is -0.149. The number of nitrogens with one attached hydrogen (secondary N) is 1. The van der Waals surface area contributed by atoms with Crippen molar-refractivity contribution in [2.24, 2.45) is 22.6 Å². The topological polar surface area (TPSA) is 67.5 Å². The number of amides is 1. The zero-order chi connectivity index (χ0) is 16.7. The highest BCUT2D eigenvalue weighted by molar-refractivity contribution is 7.80. The maximum absolute atomic E-state index is 12.7. The fourth-order valence-corrected chi connectivity index (χ4v) is 4.03. The first-order valence-electron chi connectivity index (χ1n) is 8.88. The quantitative estimate of drug-likeness (QED) is 0.756. The van der Waals surface area contributed by atoms with E-state index in [4.69, 9.17) is 22.9 Å². The van der Waals surface area contributed by atoms with Gasteiger partial charge in [-0.3, -0.25) is 9.79 Å². The Bertz CT molecular complexity index is 712. The summed E-state index contributed by atoms with van der Waals surface area (Å²) in [6, 6.07) is -0.149. The van der Waals surface area contributed by atoms with Crippen molar-refractivity contribution in [2.75, 3.05) is 0 Å². The van der Waals surface area contributed by atoms with E-state index in [-0.39, 0.29) is 17.9 Å². The highest BCUT2D eigenvalue weighted by Gasteiger charge is 2.35. The van der Waals surface area contributed by atoms with E-state index >= 15 is 0 Å². The lowest BCUT2D eigenvalue weighted by Gasteiger charge is -2.26. The largest absolute Gasteiger partial charge is 0.392 e. The zero-order valence-corrected chi connectivity index (χ0v) is 14.6. The highest BCUT2D eigenvalue weighted by atomic mass is 32.1. The van der Waals surface area contributed by atoms with Crippen LogP contribution in [0.15, 0.2) is 40.1 Å². The molecule has 1 unspecified atom stereocenters. The SMILES string of the molecule is NC(=S)[C@H](CC1CC1)NC(=O)C1CCC2=NC3=CC=CCC3=C2C1. The Balaban J connectivity index is 1.44. The summed E-state index contributed by atoms with van der Waals surface area (Å²) in [5.74, 6) is 0.792. The van der Waals surface area contributed by atoms with Crippen molar-refractivity contribution in [2.45, 2.75) is 51.0 Å². The third-order valence-electron chi connectivity index (χ3n) is 5.47. The Kier molecular flexibility index (Phi) is 4.12. The van der Waals surface area contributed by atoms with Gasteiger partial charge in [0.15, 0.2) is 0 Å². The van der Waals surface area contributed by atoms with E-state index in [0.717, 1.165) is 37.8 Å². The molecule has 0 aromatic rings. The molecule has 0 aromatic carbocycles. The molecule has 3 N–H and O–H groups in total. The van der Waals surface area contributed by atoms with Gasteiger partial charge in [0.2, 0.25) is 5.91 Å². The van der Waals surface area contributed by atoms with Crippen molar-refractivity contribution in [3.63, 3.8) is 0 Å². The van der Waals surface area contributed by atoms with E-state index in [1.807, 2.05) is 0 Å². The van der Waals surface area contributed by atoms with Crippen LogP contribution in [-0.2, 0) is 4.79 Å². The molecule has 3 aliphatic carbocycles. The van der Waals surface area contributed by atoms with Crippen molar-refractivity contribution < 1.29 is 4.79 Å². The third kappa shape index (κ3) is 3.09. The molecule has 2 atom stereocenters. The van der Waals surface area contributed by atoms with Crippen molar-refractivity contribution in [3.8, 4) is 0 Å². The van der Waals surface area contributed by atoms with Gasteiger partial charge in [0.05, 0.1) is 16.7 Å². The number of hydrogen-bond donors (Lipinski definition) is 2. The van der Waals surface area contributed by atoms with Crippen LogP contribution in [0.3, 0.4) is 0 Å². The van der Waals surface area contributed by atoms with Crippen molar-refractivity contribution in [1.29, 1.82) is 0 Å². The van der Waals surface area contributed by atoms with Crippen LogP contribution in [0.5, 0.6) is 0 Å². The maximum atomic E-state index is 12.7. The molecule has 0 radical (unpaired) electrons. The monoisotopic (exact) mass is 341 g/mol. The normalized spacial score (nSPS) is 26.2. The van der Waals surface area contributed by atoms with Gasteiger partial charge in [-0.15, -0.1) is 0 Å². The maximum Gasteiger partial charge on any atom is 0.224 e. The van der Waals surface area contributed by atoms with E-state index < -0.39 is 0 Å². The molecule has 0 saturated heterocycles. The summed E-state index contributed by atoms with van der Waals surface area (Å²) in [7, 11) is 0. The van der Waals surface area contributed by atoms with Crippen molar-refractivity contribution in [1.82, 2.24) is 5.32 Å². The third-order valence-corrected chi connectivity index (χ3v) is 5.75. The standard InChI is InChI=1S/C19H23N3OS/c20-18(24)17(9-11-5-6-11)22-19(23)12-7-8-16-14(10-12)13-3-1-2-4-15(13)21-16/h1-2,4,11-12,17H,3,5-10H2,(H2,20,24)(H,22,23)/t12?,17-/m0/s1. The summed E-state index contributed by atoms with van der Waals surface area (Å²) in [6.07, 6.45) is 13.1.